The molecule has 0 spiro atoms. The standard InChI is InChI=1S/C14H22N2O2/c15-9-13(17)10-16-6-5-11-3-4-14-12(8-11)2-1-7-18-14/h3-4,8,13,16-17H,1-2,5-7,9-10,15H2. The van der Waals surface area contributed by atoms with Crippen molar-refractivity contribution in [2.24, 2.45) is 5.73 Å². The molecule has 1 aromatic carbocycles. The second-order valence-corrected chi connectivity index (χ2v) is 4.74. The molecule has 0 aliphatic carbocycles. The van der Waals surface area contributed by atoms with Crippen LogP contribution in [0.4, 0.5) is 0 Å². The number of hydrogen-bond acceptors (Lipinski definition) is 4. The maximum absolute atomic E-state index is 9.31. The van der Waals surface area contributed by atoms with Gasteiger partial charge in [0.25, 0.3) is 0 Å². The molecule has 0 aromatic heterocycles. The van der Waals surface area contributed by atoms with Crippen molar-refractivity contribution >= 4 is 0 Å². The minimum Gasteiger partial charge on any atom is -0.493 e. The number of benzene rings is 1. The Kier molecular flexibility index (Phi) is 4.99. The Hall–Kier alpha value is -1.10. The van der Waals surface area contributed by atoms with Gasteiger partial charge in [0.05, 0.1) is 12.7 Å². The Labute approximate surface area is 108 Å². The van der Waals surface area contributed by atoms with Crippen LogP contribution in [-0.2, 0) is 12.8 Å². The van der Waals surface area contributed by atoms with Crippen LogP contribution in [0.25, 0.3) is 0 Å². The van der Waals surface area contributed by atoms with Crippen molar-refractivity contribution in [3.05, 3.63) is 29.3 Å². The van der Waals surface area contributed by atoms with Gasteiger partial charge in [-0.3, -0.25) is 0 Å². The predicted molar refractivity (Wildman–Crippen MR) is 71.9 cm³/mol. The van der Waals surface area contributed by atoms with Crippen molar-refractivity contribution in [2.75, 3.05) is 26.2 Å². The number of hydrogen-bond donors (Lipinski definition) is 3. The van der Waals surface area contributed by atoms with Gasteiger partial charge in [-0.15, -0.1) is 0 Å². The maximum Gasteiger partial charge on any atom is 0.122 e. The molecule has 100 valence electrons. The zero-order valence-electron chi connectivity index (χ0n) is 10.7. The molecule has 0 saturated heterocycles. The van der Waals surface area contributed by atoms with Gasteiger partial charge in [-0.25, -0.2) is 0 Å². The molecule has 0 bridgehead atoms. The first-order chi connectivity index (χ1) is 8.79. The highest BCUT2D eigenvalue weighted by Gasteiger charge is 2.10. The average molecular weight is 250 g/mol. The molecule has 1 aliphatic heterocycles. The van der Waals surface area contributed by atoms with Crippen LogP contribution in [0.1, 0.15) is 17.5 Å². The molecular weight excluding hydrogens is 228 g/mol. The minimum atomic E-state index is -0.443. The van der Waals surface area contributed by atoms with Gasteiger partial charge in [0.1, 0.15) is 5.75 Å². The second-order valence-electron chi connectivity index (χ2n) is 4.74. The molecule has 4 nitrogen and oxygen atoms in total. The van der Waals surface area contributed by atoms with E-state index in [9.17, 15) is 5.11 Å². The largest absolute Gasteiger partial charge is 0.493 e. The zero-order chi connectivity index (χ0) is 12.8. The van der Waals surface area contributed by atoms with Gasteiger partial charge >= 0.3 is 0 Å². The van der Waals surface area contributed by atoms with Crippen molar-refractivity contribution in [1.29, 1.82) is 0 Å². The number of rotatable bonds is 6. The zero-order valence-corrected chi connectivity index (χ0v) is 10.7. The quantitative estimate of drug-likeness (QED) is 0.642. The van der Waals surface area contributed by atoms with Crippen LogP contribution >= 0.6 is 0 Å². The van der Waals surface area contributed by atoms with Crippen molar-refractivity contribution in [3.8, 4) is 5.75 Å². The first-order valence-electron chi connectivity index (χ1n) is 6.63. The van der Waals surface area contributed by atoms with Crippen molar-refractivity contribution < 1.29 is 9.84 Å². The van der Waals surface area contributed by atoms with E-state index in [2.05, 4.69) is 23.5 Å². The smallest absolute Gasteiger partial charge is 0.122 e. The van der Waals surface area contributed by atoms with Gasteiger partial charge < -0.3 is 20.9 Å². The van der Waals surface area contributed by atoms with Crippen LogP contribution in [0, 0.1) is 0 Å². The topological polar surface area (TPSA) is 67.5 Å². The number of fused-ring (bicyclic) bond motifs is 1. The Morgan fingerprint density at radius 2 is 2.33 bits per heavy atom. The lowest BCUT2D eigenvalue weighted by Gasteiger charge is -2.18. The molecule has 18 heavy (non-hydrogen) atoms. The SMILES string of the molecule is NCC(O)CNCCc1ccc2c(c1)CCCO2. The summed E-state index contributed by atoms with van der Waals surface area (Å²) in [5.41, 5.74) is 7.97. The van der Waals surface area contributed by atoms with Gasteiger partial charge in [0, 0.05) is 13.1 Å². The monoisotopic (exact) mass is 250 g/mol. The number of nitrogens with one attached hydrogen (secondary N) is 1. The fourth-order valence-corrected chi connectivity index (χ4v) is 2.15. The summed E-state index contributed by atoms with van der Waals surface area (Å²) in [5, 5.41) is 12.5. The summed E-state index contributed by atoms with van der Waals surface area (Å²) >= 11 is 0. The number of aliphatic hydroxyl groups excluding tert-OH is 1. The van der Waals surface area contributed by atoms with E-state index in [1.165, 1.54) is 11.1 Å². The summed E-state index contributed by atoms with van der Waals surface area (Å²) in [6.45, 7) is 2.56. The molecule has 1 aromatic rings. The first kappa shape index (κ1) is 13.3. The van der Waals surface area contributed by atoms with Crippen molar-refractivity contribution in [3.63, 3.8) is 0 Å². The van der Waals surface area contributed by atoms with E-state index < -0.39 is 6.10 Å². The Morgan fingerprint density at radius 3 is 3.17 bits per heavy atom. The third-order valence-electron chi connectivity index (χ3n) is 3.22. The van der Waals surface area contributed by atoms with E-state index in [1.807, 2.05) is 0 Å². The Balaban J connectivity index is 1.79. The van der Waals surface area contributed by atoms with Gasteiger partial charge in [-0.2, -0.15) is 0 Å². The summed E-state index contributed by atoms with van der Waals surface area (Å²) in [4.78, 5) is 0. The fourth-order valence-electron chi connectivity index (χ4n) is 2.15. The summed E-state index contributed by atoms with van der Waals surface area (Å²) in [6, 6.07) is 6.42. The average Bonchev–Trinajstić information content (AvgIpc) is 2.43. The number of ether oxygens (including phenoxy) is 1. The summed E-state index contributed by atoms with van der Waals surface area (Å²) < 4.78 is 5.59. The molecule has 0 saturated carbocycles. The van der Waals surface area contributed by atoms with E-state index in [-0.39, 0.29) is 0 Å². The highest BCUT2D eigenvalue weighted by molar-refractivity contribution is 5.38. The number of aliphatic hydroxyl groups is 1. The van der Waals surface area contributed by atoms with E-state index in [0.717, 1.165) is 38.2 Å². The molecule has 2 rings (SSSR count). The molecular formula is C14H22N2O2. The van der Waals surface area contributed by atoms with Crippen LogP contribution in [0.2, 0.25) is 0 Å². The highest BCUT2D eigenvalue weighted by Crippen LogP contribution is 2.25. The molecule has 4 heteroatoms. The lowest BCUT2D eigenvalue weighted by Crippen LogP contribution is -2.33. The van der Waals surface area contributed by atoms with Crippen molar-refractivity contribution in [1.82, 2.24) is 5.32 Å². The van der Waals surface area contributed by atoms with Gasteiger partial charge in [-0.1, -0.05) is 12.1 Å². The normalized spacial score (nSPS) is 15.9. The molecule has 1 unspecified atom stereocenters. The van der Waals surface area contributed by atoms with Gasteiger partial charge in [0.15, 0.2) is 0 Å². The molecule has 1 aliphatic rings. The Bertz CT molecular complexity index is 382. The number of nitrogens with two attached hydrogens (primary N) is 1. The lowest BCUT2D eigenvalue weighted by molar-refractivity contribution is 0.180. The molecule has 4 N–H and O–H groups in total. The lowest BCUT2D eigenvalue weighted by atomic mass is 10.0. The Morgan fingerprint density at radius 1 is 1.44 bits per heavy atom. The maximum atomic E-state index is 9.31. The summed E-state index contributed by atoms with van der Waals surface area (Å²) in [5.74, 6) is 1.04. The van der Waals surface area contributed by atoms with Crippen molar-refractivity contribution in [2.45, 2.75) is 25.4 Å². The van der Waals surface area contributed by atoms with Crippen LogP contribution in [0.3, 0.4) is 0 Å². The van der Waals surface area contributed by atoms with E-state index >= 15 is 0 Å². The molecule has 0 fully saturated rings. The minimum absolute atomic E-state index is 0.309. The van der Waals surface area contributed by atoms with Crippen LogP contribution in [0.15, 0.2) is 18.2 Å². The second kappa shape index (κ2) is 6.73. The number of aryl methyl sites for hydroxylation is 1. The molecule has 0 radical (unpaired) electrons. The van der Waals surface area contributed by atoms with Crippen LogP contribution < -0.4 is 15.8 Å². The van der Waals surface area contributed by atoms with E-state index in [1.54, 1.807) is 0 Å². The molecule has 1 heterocycles. The molecule has 0 amide bonds. The van der Waals surface area contributed by atoms with Gasteiger partial charge in [0.2, 0.25) is 0 Å². The van der Waals surface area contributed by atoms with Crippen LogP contribution in [0.5, 0.6) is 5.75 Å². The predicted octanol–water partition coefficient (Wildman–Crippen LogP) is 0.463. The van der Waals surface area contributed by atoms with E-state index in [4.69, 9.17) is 10.5 Å². The highest BCUT2D eigenvalue weighted by atomic mass is 16.5. The van der Waals surface area contributed by atoms with E-state index in [0.29, 0.717) is 13.1 Å². The third kappa shape index (κ3) is 3.70. The summed E-state index contributed by atoms with van der Waals surface area (Å²) in [6.07, 6.45) is 2.74. The third-order valence-corrected chi connectivity index (χ3v) is 3.22. The fraction of sp³-hybridized carbons (Fsp3) is 0.571. The first-order valence-corrected chi connectivity index (χ1v) is 6.63. The van der Waals surface area contributed by atoms with Gasteiger partial charge in [-0.05, 0) is 43.0 Å². The molecule has 1 atom stereocenters. The van der Waals surface area contributed by atoms with Crippen LogP contribution in [-0.4, -0.2) is 37.5 Å². The summed E-state index contributed by atoms with van der Waals surface area (Å²) in [7, 11) is 0.